The maximum Gasteiger partial charge on any atom is 0.327 e. The maximum absolute atomic E-state index is 12.7. The van der Waals surface area contributed by atoms with Crippen molar-refractivity contribution in [1.29, 1.82) is 0 Å². The van der Waals surface area contributed by atoms with Crippen molar-refractivity contribution in [1.82, 2.24) is 0 Å². The molecule has 0 heterocycles. The van der Waals surface area contributed by atoms with Crippen LogP contribution in [-0.2, 0) is 14.3 Å². The number of methoxy groups -OCH3 is 1. The molecule has 0 spiro atoms. The minimum Gasteiger partial charge on any atom is -0.468 e. The lowest BCUT2D eigenvalue weighted by Gasteiger charge is -2.30. The quantitative estimate of drug-likeness (QED) is 0.371. The molecule has 0 radical (unpaired) electrons. The minimum atomic E-state index is -0.966. The van der Waals surface area contributed by atoms with Gasteiger partial charge in [0.2, 0.25) is 0 Å². The van der Waals surface area contributed by atoms with E-state index in [9.17, 15) is 4.79 Å². The number of hydrogen-bond donors (Lipinski definition) is 0. The number of rotatable bonds is 6. The van der Waals surface area contributed by atoms with Crippen LogP contribution in [0, 0.1) is 0 Å². The lowest BCUT2D eigenvalue weighted by molar-refractivity contribution is -0.143. The van der Waals surface area contributed by atoms with Gasteiger partial charge in [0, 0.05) is 4.90 Å². The Bertz CT molecular complexity index is 703. The summed E-state index contributed by atoms with van der Waals surface area (Å²) in [5.74, 6) is -0.357. The first kappa shape index (κ1) is 17.9. The Balaban J connectivity index is 2.58. The fourth-order valence-corrected chi connectivity index (χ4v) is 3.87. The van der Waals surface area contributed by atoms with Crippen LogP contribution in [0.1, 0.15) is 12.0 Å². The molecule has 2 aromatic carbocycles. The van der Waals surface area contributed by atoms with Crippen LogP contribution < -0.4 is 0 Å². The predicted molar refractivity (Wildman–Crippen MR) is 97.3 cm³/mol. The van der Waals surface area contributed by atoms with E-state index in [4.69, 9.17) is 27.9 Å². The molecule has 0 aliphatic carbocycles. The van der Waals surface area contributed by atoms with Gasteiger partial charge >= 0.3 is 5.97 Å². The molecule has 2 rings (SSSR count). The third-order valence-corrected chi connectivity index (χ3v) is 5.53. The van der Waals surface area contributed by atoms with E-state index in [1.807, 2.05) is 30.3 Å². The van der Waals surface area contributed by atoms with Gasteiger partial charge in [0.15, 0.2) is 0 Å². The molecule has 0 bridgehead atoms. The van der Waals surface area contributed by atoms with Gasteiger partial charge in [-0.1, -0.05) is 53.5 Å². The van der Waals surface area contributed by atoms with Crippen LogP contribution in [0.2, 0.25) is 10.0 Å². The van der Waals surface area contributed by atoms with E-state index in [0.29, 0.717) is 16.5 Å². The number of hydrogen-bond acceptors (Lipinski definition) is 3. The summed E-state index contributed by atoms with van der Waals surface area (Å²) in [6, 6.07) is 14.9. The average Bonchev–Trinajstić information content (AvgIpc) is 2.57. The van der Waals surface area contributed by atoms with Crippen LogP contribution in [0.5, 0.6) is 0 Å². The zero-order chi connectivity index (χ0) is 16.9. The molecule has 1 atom stereocenters. The van der Waals surface area contributed by atoms with Crippen molar-refractivity contribution in [2.24, 2.45) is 0 Å². The molecular formula is C18H16Cl2O2S. The number of carbonyl (C=O) groups excluding carboxylic acids is 1. The largest absolute Gasteiger partial charge is 0.468 e. The number of thioether (sulfide) groups is 1. The summed E-state index contributed by atoms with van der Waals surface area (Å²) in [5, 5.41) is 0.840. The summed E-state index contributed by atoms with van der Waals surface area (Å²) < 4.78 is 4.12. The number of esters is 1. The highest BCUT2D eigenvalue weighted by molar-refractivity contribution is 8.01. The zero-order valence-electron chi connectivity index (χ0n) is 12.6. The third-order valence-electron chi connectivity index (χ3n) is 3.37. The second-order valence-corrected chi connectivity index (χ2v) is 7.04. The number of benzene rings is 2. The molecule has 0 saturated heterocycles. The molecule has 0 N–H and O–H groups in total. The molecule has 1 unspecified atom stereocenters. The second kappa shape index (κ2) is 7.91. The van der Waals surface area contributed by atoms with Gasteiger partial charge < -0.3 is 4.74 Å². The zero-order valence-corrected chi connectivity index (χ0v) is 14.9. The van der Waals surface area contributed by atoms with Crippen molar-refractivity contribution < 1.29 is 9.53 Å². The first-order valence-corrected chi connectivity index (χ1v) is 8.49. The Labute approximate surface area is 150 Å². The number of allylic oxidation sites excluding steroid dienone is 1. The van der Waals surface area contributed by atoms with Gasteiger partial charge in [-0.25, -0.2) is 0 Å². The van der Waals surface area contributed by atoms with Crippen molar-refractivity contribution in [3.05, 3.63) is 76.8 Å². The molecule has 0 amide bonds. The van der Waals surface area contributed by atoms with Crippen LogP contribution in [0.25, 0.3) is 0 Å². The Morgan fingerprint density at radius 3 is 2.48 bits per heavy atom. The van der Waals surface area contributed by atoms with Gasteiger partial charge in [-0.15, -0.1) is 18.3 Å². The Hall–Kier alpha value is -1.42. The van der Waals surface area contributed by atoms with Gasteiger partial charge in [-0.3, -0.25) is 4.79 Å². The van der Waals surface area contributed by atoms with Crippen LogP contribution in [0.15, 0.2) is 66.1 Å². The molecular weight excluding hydrogens is 351 g/mol. The number of ether oxygens (including phenoxy) is 1. The molecule has 0 aromatic heterocycles. The topological polar surface area (TPSA) is 26.3 Å². The van der Waals surface area contributed by atoms with Gasteiger partial charge in [0.25, 0.3) is 0 Å². The summed E-state index contributed by atoms with van der Waals surface area (Å²) in [7, 11) is 1.38. The summed E-state index contributed by atoms with van der Waals surface area (Å²) >= 11 is 13.6. The van der Waals surface area contributed by atoms with E-state index in [0.717, 1.165) is 10.5 Å². The van der Waals surface area contributed by atoms with Crippen molar-refractivity contribution >= 4 is 40.9 Å². The fourth-order valence-electron chi connectivity index (χ4n) is 2.27. The molecule has 0 saturated carbocycles. The fraction of sp³-hybridized carbons (Fsp3) is 0.167. The van der Waals surface area contributed by atoms with E-state index in [-0.39, 0.29) is 5.97 Å². The van der Waals surface area contributed by atoms with Gasteiger partial charge in [-0.2, -0.15) is 0 Å². The van der Waals surface area contributed by atoms with E-state index >= 15 is 0 Å². The first-order chi connectivity index (χ1) is 11.0. The number of halogens is 2. The molecule has 5 heteroatoms. The lowest BCUT2D eigenvalue weighted by Crippen LogP contribution is -2.33. The van der Waals surface area contributed by atoms with Crippen molar-refractivity contribution in [2.45, 2.75) is 16.1 Å². The Kier molecular flexibility index (Phi) is 6.17. The van der Waals surface area contributed by atoms with Gasteiger partial charge in [0.05, 0.1) is 17.2 Å². The average molecular weight is 367 g/mol. The van der Waals surface area contributed by atoms with E-state index < -0.39 is 4.75 Å². The SMILES string of the molecule is C=CCC(Sc1ccccc1)(C(=O)OC)c1ccc(Cl)c(Cl)c1. The highest BCUT2D eigenvalue weighted by Gasteiger charge is 2.42. The maximum atomic E-state index is 12.7. The van der Waals surface area contributed by atoms with Crippen molar-refractivity contribution in [3.63, 3.8) is 0 Å². The Morgan fingerprint density at radius 2 is 1.91 bits per heavy atom. The highest BCUT2D eigenvalue weighted by Crippen LogP contribution is 2.46. The summed E-state index contributed by atoms with van der Waals surface area (Å²) in [6.45, 7) is 3.79. The molecule has 2 nitrogen and oxygen atoms in total. The van der Waals surface area contributed by atoms with Gasteiger partial charge in [-0.05, 0) is 36.2 Å². The lowest BCUT2D eigenvalue weighted by atomic mass is 9.94. The summed E-state index contributed by atoms with van der Waals surface area (Å²) in [6.07, 6.45) is 2.10. The first-order valence-electron chi connectivity index (χ1n) is 6.92. The van der Waals surface area contributed by atoms with Crippen molar-refractivity contribution in [2.75, 3.05) is 7.11 Å². The van der Waals surface area contributed by atoms with Crippen LogP contribution in [-0.4, -0.2) is 13.1 Å². The minimum absolute atomic E-state index is 0.357. The molecule has 0 fully saturated rings. The highest BCUT2D eigenvalue weighted by atomic mass is 35.5. The second-order valence-electron chi connectivity index (χ2n) is 4.86. The molecule has 23 heavy (non-hydrogen) atoms. The summed E-state index contributed by atoms with van der Waals surface area (Å²) in [4.78, 5) is 13.6. The molecule has 120 valence electrons. The number of carbonyl (C=O) groups is 1. The normalized spacial score (nSPS) is 13.2. The predicted octanol–water partition coefficient (Wildman–Crippen LogP) is 5.73. The van der Waals surface area contributed by atoms with E-state index in [2.05, 4.69) is 6.58 Å². The molecule has 2 aromatic rings. The monoisotopic (exact) mass is 366 g/mol. The third kappa shape index (κ3) is 3.92. The van der Waals surface area contributed by atoms with Crippen LogP contribution >= 0.6 is 35.0 Å². The van der Waals surface area contributed by atoms with Crippen LogP contribution in [0.4, 0.5) is 0 Å². The standard InChI is InChI=1S/C18H16Cl2O2S/c1-3-11-18(17(21)22-2,23-14-7-5-4-6-8-14)13-9-10-15(19)16(20)12-13/h3-10,12H,1,11H2,2H3. The molecule has 0 aliphatic rings. The van der Waals surface area contributed by atoms with Gasteiger partial charge in [0.1, 0.15) is 4.75 Å². The summed E-state index contributed by atoms with van der Waals surface area (Å²) in [5.41, 5.74) is 0.729. The van der Waals surface area contributed by atoms with Crippen LogP contribution in [0.3, 0.4) is 0 Å². The Morgan fingerprint density at radius 1 is 1.22 bits per heavy atom. The van der Waals surface area contributed by atoms with Crippen molar-refractivity contribution in [3.8, 4) is 0 Å². The molecule has 0 aliphatic heterocycles. The van der Waals surface area contributed by atoms with E-state index in [1.165, 1.54) is 18.9 Å². The van der Waals surface area contributed by atoms with E-state index in [1.54, 1.807) is 24.3 Å². The smallest absolute Gasteiger partial charge is 0.327 e.